The van der Waals surface area contributed by atoms with Gasteiger partial charge in [-0.2, -0.15) is 0 Å². The Morgan fingerprint density at radius 1 is 1.40 bits per heavy atom. The van der Waals surface area contributed by atoms with E-state index in [2.05, 4.69) is 0 Å². The number of rotatable bonds is 3. The van der Waals surface area contributed by atoms with Crippen LogP contribution in [-0.4, -0.2) is 16.2 Å². The molecule has 0 saturated carbocycles. The highest BCUT2D eigenvalue weighted by atomic mass is 19.2. The van der Waals surface area contributed by atoms with Crippen molar-refractivity contribution in [1.29, 1.82) is 0 Å². The van der Waals surface area contributed by atoms with Crippen molar-refractivity contribution in [2.45, 2.75) is 19.4 Å². The van der Waals surface area contributed by atoms with Gasteiger partial charge in [-0.15, -0.1) is 0 Å². The molecule has 0 aromatic heterocycles. The zero-order valence-electron chi connectivity index (χ0n) is 8.00. The second kappa shape index (κ2) is 4.35. The molecule has 1 atom stereocenters. The van der Waals surface area contributed by atoms with Gasteiger partial charge in [0.2, 0.25) is 0 Å². The number of carboxylic acid groups (broad SMARTS) is 1. The normalized spacial score (nSPS) is 12.5. The van der Waals surface area contributed by atoms with Crippen molar-refractivity contribution in [3.8, 4) is 0 Å². The summed E-state index contributed by atoms with van der Waals surface area (Å²) in [4.78, 5) is 10.7. The second-order valence-electron chi connectivity index (χ2n) is 3.18. The van der Waals surface area contributed by atoms with E-state index in [0.29, 0.717) is 0 Å². The van der Waals surface area contributed by atoms with E-state index in [1.807, 2.05) is 0 Å². The first kappa shape index (κ1) is 11.6. The van der Waals surface area contributed by atoms with Gasteiger partial charge in [-0.3, -0.25) is 4.79 Å². The Morgan fingerprint density at radius 2 is 1.93 bits per heavy atom. The third-order valence-electron chi connectivity index (χ3n) is 2.19. The maximum atomic E-state index is 12.9. The Balaban J connectivity index is 3.27. The predicted molar refractivity (Wildman–Crippen MR) is 48.3 cm³/mol. The van der Waals surface area contributed by atoms with Crippen LogP contribution in [0.3, 0.4) is 0 Å². The fourth-order valence-electron chi connectivity index (χ4n) is 1.28. The van der Waals surface area contributed by atoms with Gasteiger partial charge in [0.05, 0.1) is 12.5 Å². The lowest BCUT2D eigenvalue weighted by Gasteiger charge is -2.11. The minimum atomic E-state index is -1.16. The molecule has 3 nitrogen and oxygen atoms in total. The number of halogens is 2. The molecule has 1 rings (SSSR count). The highest BCUT2D eigenvalue weighted by molar-refractivity contribution is 5.76. The quantitative estimate of drug-likeness (QED) is 0.807. The van der Waals surface area contributed by atoms with E-state index in [1.165, 1.54) is 6.92 Å². The maximum absolute atomic E-state index is 12.9. The maximum Gasteiger partial charge on any atom is 0.310 e. The average molecular weight is 216 g/mol. The van der Waals surface area contributed by atoms with Crippen LogP contribution in [0.1, 0.15) is 24.0 Å². The third kappa shape index (κ3) is 2.30. The molecule has 1 unspecified atom stereocenters. The molecular weight excluding hydrogens is 206 g/mol. The summed E-state index contributed by atoms with van der Waals surface area (Å²) in [6, 6.07) is 1.61. The highest BCUT2D eigenvalue weighted by Crippen LogP contribution is 2.23. The number of aliphatic hydroxyl groups is 1. The van der Waals surface area contributed by atoms with Crippen molar-refractivity contribution in [1.82, 2.24) is 0 Å². The Bertz CT molecular complexity index is 390. The summed E-state index contributed by atoms with van der Waals surface area (Å²) in [6.45, 7) is 0.818. The van der Waals surface area contributed by atoms with Crippen LogP contribution in [0.2, 0.25) is 0 Å². The van der Waals surface area contributed by atoms with Crippen molar-refractivity contribution in [2.24, 2.45) is 0 Å². The van der Waals surface area contributed by atoms with Crippen molar-refractivity contribution in [2.75, 3.05) is 0 Å². The fraction of sp³-hybridized carbons (Fsp3) is 0.300. The van der Waals surface area contributed by atoms with E-state index in [4.69, 9.17) is 10.2 Å². The fourth-order valence-corrected chi connectivity index (χ4v) is 1.28. The van der Waals surface area contributed by atoms with Gasteiger partial charge in [-0.1, -0.05) is 0 Å². The van der Waals surface area contributed by atoms with Gasteiger partial charge < -0.3 is 10.2 Å². The SMILES string of the molecule is CC(C(=O)O)c1cc(F)c(F)cc1CO. The first-order chi connectivity index (χ1) is 6.97. The molecule has 2 N–H and O–H groups in total. The topological polar surface area (TPSA) is 57.5 Å². The molecule has 0 saturated heterocycles. The molecule has 1 aromatic rings. The van der Waals surface area contributed by atoms with Crippen molar-refractivity contribution in [3.63, 3.8) is 0 Å². The average Bonchev–Trinajstić information content (AvgIpc) is 2.20. The minimum Gasteiger partial charge on any atom is -0.481 e. The zero-order valence-corrected chi connectivity index (χ0v) is 8.00. The monoisotopic (exact) mass is 216 g/mol. The summed E-state index contributed by atoms with van der Waals surface area (Å²) >= 11 is 0. The van der Waals surface area contributed by atoms with Crippen LogP contribution in [0.5, 0.6) is 0 Å². The van der Waals surface area contributed by atoms with Crippen LogP contribution in [0.4, 0.5) is 8.78 Å². The van der Waals surface area contributed by atoms with Gasteiger partial charge in [0.15, 0.2) is 11.6 Å². The van der Waals surface area contributed by atoms with Crippen LogP contribution in [0.15, 0.2) is 12.1 Å². The summed E-state index contributed by atoms with van der Waals surface area (Å²) in [5, 5.41) is 17.6. The Kier molecular flexibility index (Phi) is 3.36. The van der Waals surface area contributed by atoms with E-state index < -0.39 is 30.1 Å². The standard InChI is InChI=1S/C10H10F2O3/c1-5(10(14)15)7-3-9(12)8(11)2-6(7)4-13/h2-3,5,13H,4H2,1H3,(H,14,15). The largest absolute Gasteiger partial charge is 0.481 e. The van der Waals surface area contributed by atoms with Crippen molar-refractivity contribution in [3.05, 3.63) is 34.9 Å². The lowest BCUT2D eigenvalue weighted by Crippen LogP contribution is -2.11. The molecule has 0 aliphatic carbocycles. The molecule has 0 spiro atoms. The Hall–Kier alpha value is -1.49. The van der Waals surface area contributed by atoms with Gasteiger partial charge in [-0.25, -0.2) is 8.78 Å². The van der Waals surface area contributed by atoms with Crippen LogP contribution in [0, 0.1) is 11.6 Å². The molecule has 0 heterocycles. The molecule has 82 valence electrons. The lowest BCUT2D eigenvalue weighted by molar-refractivity contribution is -0.138. The molecule has 0 bridgehead atoms. The summed E-state index contributed by atoms with van der Waals surface area (Å²) in [6.07, 6.45) is 0. The summed E-state index contributed by atoms with van der Waals surface area (Å²) in [5.41, 5.74) is 0.174. The van der Waals surface area contributed by atoms with Crippen LogP contribution < -0.4 is 0 Å². The number of aliphatic hydroxyl groups excluding tert-OH is 1. The minimum absolute atomic E-state index is 0.0869. The first-order valence-corrected chi connectivity index (χ1v) is 4.28. The van der Waals surface area contributed by atoms with Crippen LogP contribution in [-0.2, 0) is 11.4 Å². The van der Waals surface area contributed by atoms with Gasteiger partial charge in [0.25, 0.3) is 0 Å². The summed E-state index contributed by atoms with van der Waals surface area (Å²) in [7, 11) is 0. The van der Waals surface area contributed by atoms with Gasteiger partial charge in [-0.05, 0) is 30.2 Å². The summed E-state index contributed by atoms with van der Waals surface area (Å²) < 4.78 is 25.6. The molecular formula is C10H10F2O3. The number of carboxylic acids is 1. The molecule has 0 radical (unpaired) electrons. The number of hydrogen-bond donors (Lipinski definition) is 2. The molecule has 0 aliphatic heterocycles. The number of benzene rings is 1. The zero-order chi connectivity index (χ0) is 11.6. The predicted octanol–water partition coefficient (Wildman–Crippen LogP) is 1.65. The van der Waals surface area contributed by atoms with Crippen molar-refractivity contribution < 1.29 is 23.8 Å². The molecule has 0 fully saturated rings. The van der Waals surface area contributed by atoms with Crippen LogP contribution >= 0.6 is 0 Å². The van der Waals surface area contributed by atoms with Gasteiger partial charge in [0.1, 0.15) is 0 Å². The molecule has 15 heavy (non-hydrogen) atoms. The van der Waals surface area contributed by atoms with Gasteiger partial charge >= 0.3 is 5.97 Å². The van der Waals surface area contributed by atoms with E-state index in [0.717, 1.165) is 12.1 Å². The van der Waals surface area contributed by atoms with E-state index in [1.54, 1.807) is 0 Å². The van der Waals surface area contributed by atoms with Gasteiger partial charge in [0, 0.05) is 0 Å². The van der Waals surface area contributed by atoms with E-state index >= 15 is 0 Å². The number of hydrogen-bond acceptors (Lipinski definition) is 2. The molecule has 0 amide bonds. The number of aliphatic carboxylic acids is 1. The number of carbonyl (C=O) groups is 1. The molecule has 1 aromatic carbocycles. The van der Waals surface area contributed by atoms with Crippen molar-refractivity contribution >= 4 is 5.97 Å². The second-order valence-corrected chi connectivity index (χ2v) is 3.18. The Labute approximate surface area is 85.0 Å². The smallest absolute Gasteiger partial charge is 0.310 e. The highest BCUT2D eigenvalue weighted by Gasteiger charge is 2.19. The lowest BCUT2D eigenvalue weighted by atomic mass is 9.96. The Morgan fingerprint density at radius 3 is 2.40 bits per heavy atom. The first-order valence-electron chi connectivity index (χ1n) is 4.28. The molecule has 0 aliphatic rings. The third-order valence-corrected chi connectivity index (χ3v) is 2.19. The van der Waals surface area contributed by atoms with Crippen LogP contribution in [0.25, 0.3) is 0 Å². The van der Waals surface area contributed by atoms with E-state index in [-0.39, 0.29) is 11.1 Å². The molecule has 5 heteroatoms. The summed E-state index contributed by atoms with van der Waals surface area (Å²) in [5.74, 6) is -4.35. The van der Waals surface area contributed by atoms with E-state index in [9.17, 15) is 13.6 Å².